The average molecular weight is 422 g/mol. The average Bonchev–Trinajstić information content (AvgIpc) is 3.17. The number of aliphatic carboxylic acids is 1. The lowest BCUT2D eigenvalue weighted by Gasteiger charge is -2.15. The molecule has 0 bridgehead atoms. The molecule has 0 aliphatic carbocycles. The minimum atomic E-state index is -1.20. The third kappa shape index (κ3) is 4.26. The zero-order valence-electron chi connectivity index (χ0n) is 16.5. The van der Waals surface area contributed by atoms with Gasteiger partial charge in [-0.15, -0.1) is 0 Å². The Bertz CT molecular complexity index is 1280. The number of carbonyl (C=O) groups is 2. The Morgan fingerprint density at radius 2 is 1.71 bits per heavy atom. The highest BCUT2D eigenvalue weighted by Gasteiger charge is 2.23. The molecular formula is C24H20F2N2O3. The first-order valence-corrected chi connectivity index (χ1v) is 9.87. The van der Waals surface area contributed by atoms with E-state index in [1.54, 1.807) is 48.7 Å². The van der Waals surface area contributed by atoms with Crippen molar-refractivity contribution in [2.45, 2.75) is 25.3 Å². The van der Waals surface area contributed by atoms with Crippen LogP contribution in [-0.4, -0.2) is 28.0 Å². The molecule has 3 N–H and O–H groups in total. The molecule has 1 heterocycles. The van der Waals surface area contributed by atoms with Gasteiger partial charge in [-0.3, -0.25) is 4.79 Å². The van der Waals surface area contributed by atoms with Gasteiger partial charge in [0.2, 0.25) is 5.91 Å². The Hall–Kier alpha value is -3.74. The maximum atomic E-state index is 14.2. The predicted octanol–water partition coefficient (Wildman–Crippen LogP) is 4.34. The molecule has 158 valence electrons. The van der Waals surface area contributed by atoms with Crippen molar-refractivity contribution in [1.82, 2.24) is 10.3 Å². The summed E-state index contributed by atoms with van der Waals surface area (Å²) in [4.78, 5) is 27.1. The number of aromatic amines is 1. The number of halogens is 2. The zero-order chi connectivity index (χ0) is 22.0. The van der Waals surface area contributed by atoms with Crippen LogP contribution in [0.15, 0.2) is 60.8 Å². The number of aryl methyl sites for hydroxylation is 1. The Morgan fingerprint density at radius 3 is 2.48 bits per heavy atom. The van der Waals surface area contributed by atoms with Crippen LogP contribution in [0.3, 0.4) is 0 Å². The van der Waals surface area contributed by atoms with Gasteiger partial charge in [-0.05, 0) is 41.1 Å². The van der Waals surface area contributed by atoms with E-state index in [2.05, 4.69) is 10.3 Å². The van der Waals surface area contributed by atoms with Gasteiger partial charge < -0.3 is 15.4 Å². The summed E-state index contributed by atoms with van der Waals surface area (Å²) in [6.45, 7) is 0. The molecule has 7 heteroatoms. The fourth-order valence-corrected chi connectivity index (χ4v) is 3.85. The monoisotopic (exact) mass is 422 g/mol. The summed E-state index contributed by atoms with van der Waals surface area (Å²) in [7, 11) is 0. The molecule has 4 rings (SSSR count). The van der Waals surface area contributed by atoms with E-state index >= 15 is 0 Å². The summed E-state index contributed by atoms with van der Waals surface area (Å²) in [5.74, 6) is -2.43. The second-order valence-corrected chi connectivity index (χ2v) is 7.39. The van der Waals surface area contributed by atoms with Crippen molar-refractivity contribution in [2.24, 2.45) is 0 Å². The summed E-state index contributed by atoms with van der Waals surface area (Å²) >= 11 is 0. The summed E-state index contributed by atoms with van der Waals surface area (Å²) in [6.07, 6.45) is 1.88. The largest absolute Gasteiger partial charge is 0.480 e. The van der Waals surface area contributed by atoms with Crippen molar-refractivity contribution in [3.63, 3.8) is 0 Å². The molecule has 5 nitrogen and oxygen atoms in total. The summed E-state index contributed by atoms with van der Waals surface area (Å²) < 4.78 is 28.1. The van der Waals surface area contributed by atoms with Crippen LogP contribution in [0.1, 0.15) is 17.5 Å². The molecule has 1 aromatic heterocycles. The summed E-state index contributed by atoms with van der Waals surface area (Å²) in [5.41, 5.74) is 1.84. The van der Waals surface area contributed by atoms with E-state index < -0.39 is 23.7 Å². The van der Waals surface area contributed by atoms with E-state index in [9.17, 15) is 23.5 Å². The van der Waals surface area contributed by atoms with Gasteiger partial charge in [0.05, 0.1) is 0 Å². The van der Waals surface area contributed by atoms with E-state index in [-0.39, 0.29) is 18.7 Å². The minimum absolute atomic E-state index is 0.0433. The van der Waals surface area contributed by atoms with E-state index in [1.165, 1.54) is 12.1 Å². The molecule has 1 atom stereocenters. The normalized spacial score (nSPS) is 12.2. The highest BCUT2D eigenvalue weighted by atomic mass is 19.1. The van der Waals surface area contributed by atoms with Gasteiger partial charge in [-0.25, -0.2) is 13.6 Å². The number of benzene rings is 3. The number of amides is 1. The van der Waals surface area contributed by atoms with Crippen molar-refractivity contribution in [1.29, 1.82) is 0 Å². The molecule has 3 aromatic carbocycles. The molecule has 0 aliphatic rings. The van der Waals surface area contributed by atoms with Crippen LogP contribution in [-0.2, 0) is 22.4 Å². The van der Waals surface area contributed by atoms with Crippen molar-refractivity contribution < 1.29 is 23.5 Å². The third-order valence-corrected chi connectivity index (χ3v) is 5.38. The Morgan fingerprint density at radius 1 is 0.935 bits per heavy atom. The smallest absolute Gasteiger partial charge is 0.326 e. The topological polar surface area (TPSA) is 82.2 Å². The first-order valence-electron chi connectivity index (χ1n) is 9.87. The molecule has 1 unspecified atom stereocenters. The van der Waals surface area contributed by atoms with Crippen LogP contribution in [0.2, 0.25) is 0 Å². The minimum Gasteiger partial charge on any atom is -0.480 e. The van der Waals surface area contributed by atoms with Crippen molar-refractivity contribution in [3.05, 3.63) is 83.6 Å². The van der Waals surface area contributed by atoms with E-state index in [4.69, 9.17) is 0 Å². The van der Waals surface area contributed by atoms with E-state index in [1.807, 2.05) is 0 Å². The molecule has 0 spiro atoms. The van der Waals surface area contributed by atoms with Gasteiger partial charge in [0, 0.05) is 35.3 Å². The van der Waals surface area contributed by atoms with Gasteiger partial charge in [-0.1, -0.05) is 36.4 Å². The quantitative estimate of drug-likeness (QED) is 0.414. The van der Waals surface area contributed by atoms with Crippen molar-refractivity contribution in [3.8, 4) is 0 Å². The highest BCUT2D eigenvalue weighted by molar-refractivity contribution is 5.89. The van der Waals surface area contributed by atoms with Crippen LogP contribution in [0.25, 0.3) is 21.7 Å². The second kappa shape index (κ2) is 8.55. The van der Waals surface area contributed by atoms with Gasteiger partial charge in [0.25, 0.3) is 0 Å². The Kier molecular flexibility index (Phi) is 5.66. The number of aromatic nitrogens is 1. The van der Waals surface area contributed by atoms with Gasteiger partial charge in [0.15, 0.2) is 0 Å². The molecule has 0 saturated heterocycles. The first-order chi connectivity index (χ1) is 14.9. The lowest BCUT2D eigenvalue weighted by atomic mass is 10.00. The molecule has 0 radical (unpaired) electrons. The number of carbonyl (C=O) groups excluding carboxylic acids is 1. The first kappa shape index (κ1) is 20.5. The molecular weight excluding hydrogens is 402 g/mol. The van der Waals surface area contributed by atoms with Crippen LogP contribution < -0.4 is 5.32 Å². The Labute approximate surface area is 176 Å². The predicted molar refractivity (Wildman–Crippen MR) is 114 cm³/mol. The number of fused-ring (bicyclic) bond motifs is 2. The van der Waals surface area contributed by atoms with Crippen LogP contribution in [0.4, 0.5) is 8.78 Å². The van der Waals surface area contributed by atoms with Crippen LogP contribution >= 0.6 is 0 Å². The number of H-pyrrole nitrogens is 1. The number of carboxylic acids is 1. The number of hydrogen-bond donors (Lipinski definition) is 3. The van der Waals surface area contributed by atoms with Gasteiger partial charge in [-0.2, -0.15) is 0 Å². The standard InChI is InChI=1S/C24H20F2N2O3/c25-18-10-8-14(16-4-1-2-5-17(16)18)9-11-22(29)28-21(24(30)31)12-15-13-27-20-7-3-6-19(26)23(15)20/h1-8,10,13,21,27H,9,11-12H2,(H,28,29)(H,30,31). The molecule has 0 fully saturated rings. The molecule has 0 aliphatic heterocycles. The lowest BCUT2D eigenvalue weighted by molar-refractivity contribution is -0.141. The highest BCUT2D eigenvalue weighted by Crippen LogP contribution is 2.24. The maximum Gasteiger partial charge on any atom is 0.326 e. The summed E-state index contributed by atoms with van der Waals surface area (Å²) in [5, 5.41) is 13.6. The van der Waals surface area contributed by atoms with Crippen molar-refractivity contribution in [2.75, 3.05) is 0 Å². The Balaban J connectivity index is 1.46. The molecule has 0 saturated carbocycles. The molecule has 1 amide bonds. The number of carboxylic acid groups (broad SMARTS) is 1. The number of hydrogen-bond acceptors (Lipinski definition) is 2. The number of rotatable bonds is 7. The van der Waals surface area contributed by atoms with Gasteiger partial charge in [0.1, 0.15) is 17.7 Å². The van der Waals surface area contributed by atoms with Crippen LogP contribution in [0.5, 0.6) is 0 Å². The van der Waals surface area contributed by atoms with Crippen LogP contribution in [0, 0.1) is 11.6 Å². The fourth-order valence-electron chi connectivity index (χ4n) is 3.85. The van der Waals surface area contributed by atoms with E-state index in [0.29, 0.717) is 28.3 Å². The SMILES string of the molecule is O=C(CCc1ccc(F)c2ccccc12)NC(Cc1c[nH]c2cccc(F)c12)C(=O)O. The number of nitrogens with one attached hydrogen (secondary N) is 2. The fraction of sp³-hybridized carbons (Fsp3) is 0.167. The zero-order valence-corrected chi connectivity index (χ0v) is 16.5. The van der Waals surface area contributed by atoms with E-state index in [0.717, 1.165) is 10.9 Å². The third-order valence-electron chi connectivity index (χ3n) is 5.38. The second-order valence-electron chi connectivity index (χ2n) is 7.39. The lowest BCUT2D eigenvalue weighted by Crippen LogP contribution is -2.42. The van der Waals surface area contributed by atoms with Gasteiger partial charge >= 0.3 is 5.97 Å². The maximum absolute atomic E-state index is 14.2. The van der Waals surface area contributed by atoms with Crippen molar-refractivity contribution >= 4 is 33.6 Å². The summed E-state index contributed by atoms with van der Waals surface area (Å²) in [6, 6.07) is 13.4. The molecule has 4 aromatic rings. The molecule has 31 heavy (non-hydrogen) atoms.